The quantitative estimate of drug-likeness (QED) is 0.214. The van der Waals surface area contributed by atoms with Crippen LogP contribution in [0.2, 0.25) is 0 Å². The van der Waals surface area contributed by atoms with Gasteiger partial charge in [0.05, 0.1) is 0 Å². The van der Waals surface area contributed by atoms with Gasteiger partial charge in [-0.1, -0.05) is 24.3 Å². The van der Waals surface area contributed by atoms with Crippen molar-refractivity contribution in [2.45, 2.75) is 47.6 Å². The third-order valence-electron chi connectivity index (χ3n) is 6.27. The number of nitrogens with zero attached hydrogens (tertiary/aromatic N) is 1. The minimum atomic E-state index is -8.67. The standard InChI is InChI=1S/C24H14F17NO/c1-42(2)14-8-5-12-9-15(43-16(12)10-14)11-3-6-13(7-4-11)17(25,26)18(27,28)19(29,30)20(31,32)21(33,34)22(35,36)23(37,38)24(39,40)41/h3-10H,1-2H3. The van der Waals surface area contributed by atoms with Gasteiger partial charge in [-0.3, -0.25) is 0 Å². The summed E-state index contributed by atoms with van der Waals surface area (Å²) in [7, 11) is 3.34. The van der Waals surface area contributed by atoms with Crippen molar-refractivity contribution in [2.24, 2.45) is 0 Å². The molecule has 1 aromatic heterocycles. The molecule has 0 saturated carbocycles. The molecule has 240 valence electrons. The molecule has 0 radical (unpaired) electrons. The van der Waals surface area contributed by atoms with Gasteiger partial charge in [0.2, 0.25) is 0 Å². The topological polar surface area (TPSA) is 16.4 Å². The Kier molecular flexibility index (Phi) is 7.77. The predicted octanol–water partition coefficient (Wildman–Crippen LogP) is 9.63. The van der Waals surface area contributed by atoms with Crippen molar-refractivity contribution in [1.29, 1.82) is 0 Å². The molecule has 0 N–H and O–H groups in total. The van der Waals surface area contributed by atoms with Gasteiger partial charge in [-0.15, -0.1) is 0 Å². The lowest BCUT2D eigenvalue weighted by molar-refractivity contribution is -0.462. The molecular formula is C24H14F17NO. The second kappa shape index (κ2) is 9.80. The molecule has 0 bridgehead atoms. The van der Waals surface area contributed by atoms with Gasteiger partial charge in [0.25, 0.3) is 0 Å². The van der Waals surface area contributed by atoms with E-state index in [0.717, 1.165) is 0 Å². The van der Waals surface area contributed by atoms with Crippen molar-refractivity contribution in [3.63, 3.8) is 0 Å². The van der Waals surface area contributed by atoms with Gasteiger partial charge in [-0.2, -0.15) is 74.6 Å². The van der Waals surface area contributed by atoms with E-state index in [4.69, 9.17) is 4.42 Å². The van der Waals surface area contributed by atoms with Crippen molar-refractivity contribution >= 4 is 16.7 Å². The van der Waals surface area contributed by atoms with Crippen LogP contribution in [0.4, 0.5) is 80.3 Å². The maximum absolute atomic E-state index is 14.5. The Balaban J connectivity index is 2.02. The third-order valence-corrected chi connectivity index (χ3v) is 6.27. The van der Waals surface area contributed by atoms with Crippen LogP contribution in [-0.2, 0) is 5.92 Å². The first-order chi connectivity index (χ1) is 19.1. The summed E-state index contributed by atoms with van der Waals surface area (Å²) < 4.78 is 236. The number of alkyl halides is 17. The first kappa shape index (κ1) is 34.1. The third kappa shape index (κ3) is 4.72. The highest BCUT2D eigenvalue weighted by Crippen LogP contribution is 2.65. The number of furan rings is 1. The fourth-order valence-electron chi connectivity index (χ4n) is 3.63. The number of halogens is 17. The summed E-state index contributed by atoms with van der Waals surface area (Å²) >= 11 is 0. The van der Waals surface area contributed by atoms with E-state index in [9.17, 15) is 74.6 Å². The zero-order chi connectivity index (χ0) is 33.4. The lowest BCUT2D eigenvalue weighted by Gasteiger charge is -2.42. The smallest absolute Gasteiger partial charge is 0.456 e. The minimum Gasteiger partial charge on any atom is -0.456 e. The van der Waals surface area contributed by atoms with Crippen molar-refractivity contribution < 1.29 is 79.1 Å². The number of hydrogen-bond acceptors (Lipinski definition) is 2. The van der Waals surface area contributed by atoms with Crippen LogP contribution >= 0.6 is 0 Å². The first-order valence-corrected chi connectivity index (χ1v) is 11.1. The van der Waals surface area contributed by atoms with Crippen molar-refractivity contribution in [3.05, 3.63) is 54.1 Å². The van der Waals surface area contributed by atoms with Crippen molar-refractivity contribution in [2.75, 3.05) is 19.0 Å². The van der Waals surface area contributed by atoms with Crippen molar-refractivity contribution in [3.8, 4) is 11.3 Å². The molecular weight excluding hydrogens is 641 g/mol. The summed E-state index contributed by atoms with van der Waals surface area (Å²) in [5.74, 6) is -56.9. The molecule has 1 heterocycles. The lowest BCUT2D eigenvalue weighted by atomic mass is 9.87. The van der Waals surface area contributed by atoms with E-state index in [-0.39, 0.29) is 29.0 Å². The van der Waals surface area contributed by atoms with Crippen LogP contribution in [0, 0.1) is 0 Å². The molecule has 43 heavy (non-hydrogen) atoms. The Morgan fingerprint density at radius 3 is 1.40 bits per heavy atom. The van der Waals surface area contributed by atoms with Crippen molar-refractivity contribution in [1.82, 2.24) is 0 Å². The Bertz CT molecular complexity index is 1470. The Morgan fingerprint density at radius 1 is 0.512 bits per heavy atom. The van der Waals surface area contributed by atoms with E-state index in [2.05, 4.69) is 0 Å². The Morgan fingerprint density at radius 2 is 0.953 bits per heavy atom. The maximum atomic E-state index is 14.5. The number of anilines is 1. The summed E-state index contributed by atoms with van der Waals surface area (Å²) in [5, 5.41) is 0.428. The van der Waals surface area contributed by atoms with Crippen LogP contribution in [0.25, 0.3) is 22.3 Å². The van der Waals surface area contributed by atoms with E-state index < -0.39 is 53.2 Å². The molecule has 3 aromatic rings. The number of hydrogen-bond donors (Lipinski definition) is 0. The van der Waals surface area contributed by atoms with Gasteiger partial charge in [0, 0.05) is 42.4 Å². The van der Waals surface area contributed by atoms with Gasteiger partial charge in [-0.05, 0) is 18.2 Å². The minimum absolute atomic E-state index is 0.0829. The molecule has 0 aliphatic rings. The number of benzene rings is 2. The van der Waals surface area contributed by atoms with E-state index in [1.54, 1.807) is 31.1 Å². The van der Waals surface area contributed by atoms with Crippen LogP contribution in [0.3, 0.4) is 0 Å². The molecule has 2 aromatic carbocycles. The molecule has 19 heteroatoms. The predicted molar refractivity (Wildman–Crippen MR) is 116 cm³/mol. The van der Waals surface area contributed by atoms with E-state index >= 15 is 0 Å². The molecule has 3 rings (SSSR count). The summed E-state index contributed by atoms with van der Waals surface area (Å²) in [4.78, 5) is 1.66. The van der Waals surface area contributed by atoms with Gasteiger partial charge in [0.15, 0.2) is 0 Å². The second-order valence-corrected chi connectivity index (χ2v) is 9.32. The summed E-state index contributed by atoms with van der Waals surface area (Å²) in [6.45, 7) is 0. The number of fused-ring (bicyclic) bond motifs is 1. The molecule has 0 atom stereocenters. The molecule has 0 aliphatic heterocycles. The highest BCUT2D eigenvalue weighted by atomic mass is 19.4. The molecule has 0 spiro atoms. The van der Waals surface area contributed by atoms with Crippen LogP contribution < -0.4 is 4.90 Å². The molecule has 0 aliphatic carbocycles. The van der Waals surface area contributed by atoms with Gasteiger partial charge < -0.3 is 9.32 Å². The fourth-order valence-corrected chi connectivity index (χ4v) is 3.63. The highest BCUT2D eigenvalue weighted by molar-refractivity contribution is 5.85. The fraction of sp³-hybridized carbons (Fsp3) is 0.417. The average Bonchev–Trinajstić information content (AvgIpc) is 3.31. The SMILES string of the molecule is CN(C)c1ccc2cc(-c3ccc(C(F)(F)C(F)(F)C(F)(F)C(F)(F)C(F)(F)C(F)(F)C(F)(F)C(F)(F)F)cc3)oc2c1. The van der Waals surface area contributed by atoms with Crippen LogP contribution in [0.5, 0.6) is 0 Å². The van der Waals surface area contributed by atoms with Crippen LogP contribution in [-0.4, -0.2) is 55.8 Å². The Labute approximate surface area is 228 Å². The highest BCUT2D eigenvalue weighted by Gasteiger charge is 2.95. The van der Waals surface area contributed by atoms with E-state index in [0.29, 0.717) is 23.2 Å². The summed E-state index contributed by atoms with van der Waals surface area (Å²) in [5.41, 5.74) is -1.65. The largest absolute Gasteiger partial charge is 0.460 e. The van der Waals surface area contributed by atoms with Gasteiger partial charge in [-0.25, -0.2) is 0 Å². The summed E-state index contributed by atoms with van der Waals surface area (Å²) in [6.07, 6.45) is -7.80. The molecule has 0 unspecified atom stereocenters. The van der Waals surface area contributed by atoms with Gasteiger partial charge >= 0.3 is 47.6 Å². The average molecular weight is 655 g/mol. The van der Waals surface area contributed by atoms with Gasteiger partial charge in [0.1, 0.15) is 11.3 Å². The molecule has 0 saturated heterocycles. The lowest BCUT2D eigenvalue weighted by Crippen LogP contribution is -2.74. The Hall–Kier alpha value is -3.41. The first-order valence-electron chi connectivity index (χ1n) is 11.1. The molecule has 0 fully saturated rings. The second-order valence-electron chi connectivity index (χ2n) is 9.32. The monoisotopic (exact) mass is 655 g/mol. The molecule has 0 amide bonds. The number of rotatable bonds is 9. The van der Waals surface area contributed by atoms with E-state index in [1.165, 1.54) is 12.1 Å². The zero-order valence-electron chi connectivity index (χ0n) is 20.9. The van der Waals surface area contributed by atoms with Crippen LogP contribution in [0.15, 0.2) is 52.9 Å². The van der Waals surface area contributed by atoms with Crippen LogP contribution in [0.1, 0.15) is 5.56 Å². The molecule has 2 nitrogen and oxygen atoms in total. The summed E-state index contributed by atoms with van der Waals surface area (Å²) in [6, 6.07) is 6.86. The maximum Gasteiger partial charge on any atom is 0.460 e. The zero-order valence-corrected chi connectivity index (χ0v) is 20.9. The van der Waals surface area contributed by atoms with E-state index in [1.807, 2.05) is 0 Å². The normalized spacial score (nSPS) is 14.9.